The van der Waals surface area contributed by atoms with Gasteiger partial charge >= 0.3 is 0 Å². The van der Waals surface area contributed by atoms with E-state index in [1.54, 1.807) is 0 Å². The lowest BCUT2D eigenvalue weighted by Crippen LogP contribution is -2.01. The first kappa shape index (κ1) is 16.8. The molecule has 1 aromatic heterocycles. The van der Waals surface area contributed by atoms with E-state index in [0.29, 0.717) is 23.6 Å². The molecule has 4 rings (SSSR count). The van der Waals surface area contributed by atoms with Crippen LogP contribution in [0.2, 0.25) is 0 Å². The number of aromatic nitrogens is 2. The highest BCUT2D eigenvalue weighted by Crippen LogP contribution is 2.37. The van der Waals surface area contributed by atoms with E-state index in [-0.39, 0.29) is 0 Å². The predicted molar refractivity (Wildman–Crippen MR) is 106 cm³/mol. The molecule has 0 aliphatic heterocycles. The zero-order valence-electron chi connectivity index (χ0n) is 15.8. The molecule has 2 aromatic carbocycles. The van der Waals surface area contributed by atoms with Crippen LogP contribution in [-0.2, 0) is 6.42 Å². The van der Waals surface area contributed by atoms with Crippen LogP contribution >= 0.6 is 0 Å². The normalized spacial score (nSPS) is 15.7. The van der Waals surface area contributed by atoms with Gasteiger partial charge in [-0.3, -0.25) is 0 Å². The Morgan fingerprint density at radius 2 is 2.00 bits per heavy atom. The third-order valence-corrected chi connectivity index (χ3v) is 5.28. The summed E-state index contributed by atoms with van der Waals surface area (Å²) in [5.41, 5.74) is 7.12. The van der Waals surface area contributed by atoms with Crippen LogP contribution in [0.3, 0.4) is 0 Å². The summed E-state index contributed by atoms with van der Waals surface area (Å²) in [4.78, 5) is 4.70. The van der Waals surface area contributed by atoms with Gasteiger partial charge in [0.05, 0.1) is 0 Å². The van der Waals surface area contributed by atoms with E-state index < -0.39 is 0 Å². The quantitative estimate of drug-likeness (QED) is 0.579. The summed E-state index contributed by atoms with van der Waals surface area (Å²) in [5.74, 6) is 2.35. The molecule has 26 heavy (non-hydrogen) atoms. The van der Waals surface area contributed by atoms with E-state index in [1.165, 1.54) is 22.3 Å². The first-order chi connectivity index (χ1) is 12.6. The third kappa shape index (κ3) is 2.78. The molecule has 3 nitrogen and oxygen atoms in total. The van der Waals surface area contributed by atoms with Crippen molar-refractivity contribution in [1.29, 1.82) is 0 Å². The van der Waals surface area contributed by atoms with Gasteiger partial charge in [0.25, 0.3) is 5.89 Å². The minimum absolute atomic E-state index is 0.497. The third-order valence-electron chi connectivity index (χ3n) is 5.28. The van der Waals surface area contributed by atoms with Gasteiger partial charge in [-0.05, 0) is 53.6 Å². The fourth-order valence-corrected chi connectivity index (χ4v) is 3.83. The molecule has 1 unspecified atom stereocenters. The van der Waals surface area contributed by atoms with Crippen molar-refractivity contribution in [3.05, 3.63) is 64.7 Å². The van der Waals surface area contributed by atoms with Crippen LogP contribution in [0.5, 0.6) is 0 Å². The molecular formula is C23H24N2O. The van der Waals surface area contributed by atoms with Crippen molar-refractivity contribution in [2.45, 2.75) is 40.0 Å². The number of benzene rings is 2. The molecule has 3 aromatic rings. The van der Waals surface area contributed by atoms with Gasteiger partial charge in [-0.1, -0.05) is 62.3 Å². The monoisotopic (exact) mass is 344 g/mol. The Kier molecular flexibility index (Phi) is 4.23. The van der Waals surface area contributed by atoms with E-state index in [2.05, 4.69) is 81.4 Å². The van der Waals surface area contributed by atoms with Gasteiger partial charge < -0.3 is 4.52 Å². The minimum Gasteiger partial charge on any atom is -0.334 e. The van der Waals surface area contributed by atoms with E-state index >= 15 is 0 Å². The molecule has 0 bridgehead atoms. The second-order valence-electron chi connectivity index (χ2n) is 7.36. The van der Waals surface area contributed by atoms with Gasteiger partial charge in [-0.25, -0.2) is 0 Å². The van der Waals surface area contributed by atoms with Crippen molar-refractivity contribution in [1.82, 2.24) is 10.1 Å². The Balaban J connectivity index is 1.71. The molecule has 1 heterocycles. The molecule has 0 fully saturated rings. The number of rotatable bonds is 4. The molecule has 0 spiro atoms. The largest absolute Gasteiger partial charge is 0.334 e. The molecule has 0 saturated carbocycles. The number of aryl methyl sites for hydroxylation is 2. The fourth-order valence-electron chi connectivity index (χ4n) is 3.83. The Hall–Kier alpha value is -2.68. The van der Waals surface area contributed by atoms with Gasteiger partial charge in [0, 0.05) is 17.0 Å². The molecule has 1 aliphatic carbocycles. The van der Waals surface area contributed by atoms with Gasteiger partial charge in [0.1, 0.15) is 0 Å². The van der Waals surface area contributed by atoms with E-state index in [1.807, 2.05) is 0 Å². The average Bonchev–Trinajstić information content (AvgIpc) is 3.27. The summed E-state index contributed by atoms with van der Waals surface area (Å²) in [6, 6.07) is 12.8. The first-order valence-electron chi connectivity index (χ1n) is 9.33. The van der Waals surface area contributed by atoms with E-state index in [4.69, 9.17) is 9.51 Å². The van der Waals surface area contributed by atoms with Crippen LogP contribution in [0.25, 0.3) is 28.9 Å². The highest BCUT2D eigenvalue weighted by atomic mass is 16.5. The number of nitrogens with zero attached hydrogens (tertiary/aromatic N) is 2. The molecule has 1 aliphatic rings. The second-order valence-corrected chi connectivity index (χ2v) is 7.36. The highest BCUT2D eigenvalue weighted by Gasteiger charge is 2.22. The first-order valence-corrected chi connectivity index (χ1v) is 9.33. The van der Waals surface area contributed by atoms with Crippen LogP contribution in [-0.4, -0.2) is 10.1 Å². The molecule has 0 saturated heterocycles. The number of allylic oxidation sites excluding steroid dienone is 1. The number of hydrogen-bond donors (Lipinski definition) is 0. The Bertz CT molecular complexity index is 982. The molecular weight excluding hydrogens is 320 g/mol. The second kappa shape index (κ2) is 6.56. The van der Waals surface area contributed by atoms with Crippen LogP contribution in [0.1, 0.15) is 48.9 Å². The molecule has 0 amide bonds. The van der Waals surface area contributed by atoms with Crippen LogP contribution in [0.4, 0.5) is 0 Å². The van der Waals surface area contributed by atoms with Crippen molar-refractivity contribution in [2.24, 2.45) is 5.92 Å². The van der Waals surface area contributed by atoms with Gasteiger partial charge in [0.2, 0.25) is 5.82 Å². The summed E-state index contributed by atoms with van der Waals surface area (Å²) in [6.07, 6.45) is 5.44. The van der Waals surface area contributed by atoms with Crippen molar-refractivity contribution in [2.75, 3.05) is 0 Å². The number of hydrogen-bond acceptors (Lipinski definition) is 3. The Morgan fingerprint density at radius 1 is 1.15 bits per heavy atom. The topological polar surface area (TPSA) is 38.9 Å². The summed E-state index contributed by atoms with van der Waals surface area (Å²) in [5, 5.41) is 4.26. The molecule has 1 atom stereocenters. The maximum atomic E-state index is 5.61. The van der Waals surface area contributed by atoms with Crippen LogP contribution < -0.4 is 0 Å². The summed E-state index contributed by atoms with van der Waals surface area (Å²) in [7, 11) is 0. The van der Waals surface area contributed by atoms with Crippen molar-refractivity contribution >= 4 is 6.08 Å². The molecule has 3 heteroatoms. The summed E-state index contributed by atoms with van der Waals surface area (Å²) >= 11 is 0. The lowest BCUT2D eigenvalue weighted by Gasteiger charge is -2.14. The van der Waals surface area contributed by atoms with Gasteiger partial charge in [-0.2, -0.15) is 4.98 Å². The molecule has 0 N–H and O–H groups in total. The van der Waals surface area contributed by atoms with Crippen LogP contribution in [0.15, 0.2) is 47.0 Å². The minimum atomic E-state index is 0.497. The maximum Gasteiger partial charge on any atom is 0.258 e. The zero-order chi connectivity index (χ0) is 18.3. The average molecular weight is 344 g/mol. The predicted octanol–water partition coefficient (Wildman–Crippen LogP) is 6.04. The smallest absolute Gasteiger partial charge is 0.258 e. The van der Waals surface area contributed by atoms with Crippen molar-refractivity contribution in [3.8, 4) is 22.8 Å². The SMILES string of the molecule is CCc1cccc(C)c1-c1noc(-c2ccc3c(c2)C=CC3C(C)C)n1. The lowest BCUT2D eigenvalue weighted by molar-refractivity contribution is 0.432. The molecule has 132 valence electrons. The summed E-state index contributed by atoms with van der Waals surface area (Å²) < 4.78 is 5.61. The van der Waals surface area contributed by atoms with Gasteiger partial charge in [-0.15, -0.1) is 0 Å². The Labute approximate surface area is 154 Å². The highest BCUT2D eigenvalue weighted by molar-refractivity contribution is 5.70. The van der Waals surface area contributed by atoms with E-state index in [9.17, 15) is 0 Å². The fraction of sp³-hybridized carbons (Fsp3) is 0.304. The number of fused-ring (bicyclic) bond motifs is 1. The summed E-state index contributed by atoms with van der Waals surface area (Å²) in [6.45, 7) is 8.76. The zero-order valence-corrected chi connectivity index (χ0v) is 15.8. The molecule has 0 radical (unpaired) electrons. The maximum absolute atomic E-state index is 5.61. The lowest BCUT2D eigenvalue weighted by atomic mass is 9.90. The Morgan fingerprint density at radius 3 is 2.77 bits per heavy atom. The van der Waals surface area contributed by atoms with E-state index in [0.717, 1.165) is 17.5 Å². The standard InChI is InChI=1S/C23H24N2O/c1-5-16-8-6-7-15(4)21(16)22-24-23(26-25-22)18-10-12-20-17(13-18)9-11-19(20)14(2)3/h6-14,19H,5H2,1-4H3. The van der Waals surface area contributed by atoms with Crippen LogP contribution in [0, 0.1) is 12.8 Å². The van der Waals surface area contributed by atoms with Crippen molar-refractivity contribution in [3.63, 3.8) is 0 Å². The van der Waals surface area contributed by atoms with Crippen molar-refractivity contribution < 1.29 is 4.52 Å². The van der Waals surface area contributed by atoms with Gasteiger partial charge in [0.15, 0.2) is 0 Å².